The van der Waals surface area contributed by atoms with E-state index in [2.05, 4.69) is 47.0 Å². The first-order valence-electron chi connectivity index (χ1n) is 8.70. The topological polar surface area (TPSA) is 36.4 Å². The van der Waals surface area contributed by atoms with Gasteiger partial charge in [-0.2, -0.15) is 5.10 Å². The number of thiocarbonyl (C=S) groups is 1. The minimum absolute atomic E-state index is 0.443. The molecule has 4 heteroatoms. The summed E-state index contributed by atoms with van der Waals surface area (Å²) in [6.07, 6.45) is 4.03. The maximum atomic E-state index is 5.34. The predicted octanol–water partition coefficient (Wildman–Crippen LogP) is 5.40. The van der Waals surface area contributed by atoms with Gasteiger partial charge in [0.05, 0.1) is 5.71 Å². The minimum Gasteiger partial charge on any atom is -0.331 e. The molecule has 2 N–H and O–H groups in total. The summed E-state index contributed by atoms with van der Waals surface area (Å²) in [6.45, 7) is 2.08. The highest BCUT2D eigenvalue weighted by atomic mass is 32.1. The molecule has 0 fully saturated rings. The molecule has 0 saturated carbocycles. The Kier molecular flexibility index (Phi) is 6.50. The zero-order valence-electron chi connectivity index (χ0n) is 15.1. The first-order chi connectivity index (χ1) is 13.2. The van der Waals surface area contributed by atoms with Crippen molar-refractivity contribution < 1.29 is 0 Å². The molecule has 27 heavy (non-hydrogen) atoms. The lowest BCUT2D eigenvalue weighted by Crippen LogP contribution is -2.25. The third-order valence-electron chi connectivity index (χ3n) is 3.89. The lowest BCUT2D eigenvalue weighted by molar-refractivity contribution is 1.04. The van der Waals surface area contributed by atoms with Crippen LogP contribution in [0.3, 0.4) is 0 Å². The van der Waals surface area contributed by atoms with E-state index < -0.39 is 0 Å². The van der Waals surface area contributed by atoms with E-state index in [-0.39, 0.29) is 0 Å². The van der Waals surface area contributed by atoms with Gasteiger partial charge in [-0.15, -0.1) is 0 Å². The molecule has 0 aromatic heterocycles. The quantitative estimate of drug-likeness (QED) is 0.358. The maximum absolute atomic E-state index is 5.34. The number of rotatable bonds is 5. The van der Waals surface area contributed by atoms with Gasteiger partial charge in [0.2, 0.25) is 0 Å². The zero-order chi connectivity index (χ0) is 18.9. The summed E-state index contributed by atoms with van der Waals surface area (Å²) < 4.78 is 0. The second kappa shape index (κ2) is 9.46. The Labute approximate surface area is 165 Å². The van der Waals surface area contributed by atoms with E-state index in [9.17, 15) is 0 Å². The number of nitrogens with one attached hydrogen (secondary N) is 2. The lowest BCUT2D eigenvalue weighted by Gasteiger charge is -2.08. The zero-order valence-corrected chi connectivity index (χ0v) is 15.9. The molecule has 0 heterocycles. The number of nitrogens with zero attached hydrogens (tertiary/aromatic N) is 1. The first-order valence-corrected chi connectivity index (χ1v) is 9.11. The third-order valence-corrected chi connectivity index (χ3v) is 4.08. The fraction of sp³-hybridized carbons (Fsp3) is 0.0435. The van der Waals surface area contributed by atoms with Crippen LogP contribution in [0.5, 0.6) is 0 Å². The van der Waals surface area contributed by atoms with Crippen LogP contribution in [0.25, 0.3) is 6.08 Å². The standard InChI is InChI=1S/C23H21N3S/c1-18-12-14-19(15-13-18)16-17-22(20-8-4-2-5-9-20)25-26-23(27)24-21-10-6-3-7-11-21/h2-17H,1H3,(H2,24,26,27)/b17-16+,25-22-. The van der Waals surface area contributed by atoms with Gasteiger partial charge in [0, 0.05) is 11.3 Å². The van der Waals surface area contributed by atoms with Crippen molar-refractivity contribution in [1.29, 1.82) is 0 Å². The molecule has 0 aliphatic heterocycles. The number of hydrazone groups is 1. The molecule has 3 nitrogen and oxygen atoms in total. The van der Waals surface area contributed by atoms with Crippen molar-refractivity contribution in [2.45, 2.75) is 6.92 Å². The van der Waals surface area contributed by atoms with Gasteiger partial charge in [0.1, 0.15) is 0 Å². The highest BCUT2D eigenvalue weighted by molar-refractivity contribution is 7.80. The summed E-state index contributed by atoms with van der Waals surface area (Å²) in [5.41, 5.74) is 8.02. The Balaban J connectivity index is 1.76. The third kappa shape index (κ3) is 5.90. The monoisotopic (exact) mass is 371 g/mol. The molecule has 0 spiro atoms. The van der Waals surface area contributed by atoms with Gasteiger partial charge in [-0.05, 0) is 42.9 Å². The average Bonchev–Trinajstić information content (AvgIpc) is 2.71. The normalized spacial score (nSPS) is 11.4. The SMILES string of the molecule is Cc1ccc(/C=C/C(=N/NC(=S)Nc2ccccc2)c2ccccc2)cc1. The predicted molar refractivity (Wildman–Crippen MR) is 119 cm³/mol. The smallest absolute Gasteiger partial charge is 0.191 e. The molecule has 0 amide bonds. The molecule has 0 unspecified atom stereocenters. The van der Waals surface area contributed by atoms with Gasteiger partial charge in [-0.3, -0.25) is 5.43 Å². The number of hydrogen-bond donors (Lipinski definition) is 2. The van der Waals surface area contributed by atoms with E-state index in [1.54, 1.807) is 0 Å². The average molecular weight is 372 g/mol. The van der Waals surface area contributed by atoms with E-state index in [1.807, 2.05) is 72.8 Å². The van der Waals surface area contributed by atoms with Crippen LogP contribution in [0, 0.1) is 6.92 Å². The molecule has 3 aromatic rings. The lowest BCUT2D eigenvalue weighted by atomic mass is 10.1. The molecule has 3 rings (SSSR count). The summed E-state index contributed by atoms with van der Waals surface area (Å²) in [5.74, 6) is 0. The molecular formula is C23H21N3S. The number of aryl methyl sites for hydroxylation is 1. The van der Waals surface area contributed by atoms with Crippen molar-refractivity contribution in [3.63, 3.8) is 0 Å². The Morgan fingerprint density at radius 2 is 1.48 bits per heavy atom. The van der Waals surface area contributed by atoms with Crippen LogP contribution in [0.15, 0.2) is 96.1 Å². The molecule has 0 saturated heterocycles. The molecule has 134 valence electrons. The fourth-order valence-electron chi connectivity index (χ4n) is 2.45. The maximum Gasteiger partial charge on any atom is 0.191 e. The number of allylic oxidation sites excluding steroid dienone is 1. The van der Waals surface area contributed by atoms with Gasteiger partial charge in [-0.1, -0.05) is 84.4 Å². The van der Waals surface area contributed by atoms with Crippen LogP contribution < -0.4 is 10.7 Å². The van der Waals surface area contributed by atoms with Gasteiger partial charge in [0.25, 0.3) is 0 Å². The van der Waals surface area contributed by atoms with Crippen molar-refractivity contribution in [2.75, 3.05) is 5.32 Å². The van der Waals surface area contributed by atoms with Crippen LogP contribution in [0.2, 0.25) is 0 Å². The van der Waals surface area contributed by atoms with Gasteiger partial charge >= 0.3 is 0 Å². The summed E-state index contributed by atoms with van der Waals surface area (Å²) >= 11 is 5.34. The molecular weight excluding hydrogens is 350 g/mol. The number of para-hydroxylation sites is 1. The van der Waals surface area contributed by atoms with Crippen LogP contribution >= 0.6 is 12.2 Å². The van der Waals surface area contributed by atoms with Gasteiger partial charge in [0.15, 0.2) is 5.11 Å². The molecule has 0 aliphatic rings. The number of benzene rings is 3. The second-order valence-electron chi connectivity index (χ2n) is 6.04. The van der Waals surface area contributed by atoms with Gasteiger partial charge in [-0.25, -0.2) is 0 Å². The van der Waals surface area contributed by atoms with E-state index in [0.717, 1.165) is 22.5 Å². The largest absolute Gasteiger partial charge is 0.331 e. The highest BCUT2D eigenvalue weighted by Gasteiger charge is 2.01. The Morgan fingerprint density at radius 3 is 2.15 bits per heavy atom. The van der Waals surface area contributed by atoms with Crippen molar-refractivity contribution in [3.05, 3.63) is 108 Å². The van der Waals surface area contributed by atoms with Crippen molar-refractivity contribution in [3.8, 4) is 0 Å². The van der Waals surface area contributed by atoms with Crippen molar-refractivity contribution in [1.82, 2.24) is 5.43 Å². The Morgan fingerprint density at radius 1 is 0.852 bits per heavy atom. The van der Waals surface area contributed by atoms with Crippen molar-refractivity contribution >= 4 is 34.8 Å². The summed E-state index contributed by atoms with van der Waals surface area (Å²) in [7, 11) is 0. The van der Waals surface area contributed by atoms with Crippen molar-refractivity contribution in [2.24, 2.45) is 5.10 Å². The Hall–Kier alpha value is -3.24. The van der Waals surface area contributed by atoms with E-state index in [4.69, 9.17) is 12.2 Å². The van der Waals surface area contributed by atoms with Crippen LogP contribution in [0.4, 0.5) is 5.69 Å². The van der Waals surface area contributed by atoms with E-state index in [0.29, 0.717) is 5.11 Å². The summed E-state index contributed by atoms with van der Waals surface area (Å²) in [6, 6.07) is 28.1. The number of hydrogen-bond acceptors (Lipinski definition) is 2. The molecule has 0 radical (unpaired) electrons. The molecule has 0 atom stereocenters. The van der Waals surface area contributed by atoms with Gasteiger partial charge < -0.3 is 5.32 Å². The van der Waals surface area contributed by atoms with Crippen LogP contribution in [-0.4, -0.2) is 10.8 Å². The fourth-order valence-corrected chi connectivity index (χ4v) is 2.61. The summed E-state index contributed by atoms with van der Waals surface area (Å²) in [5, 5.41) is 8.06. The highest BCUT2D eigenvalue weighted by Crippen LogP contribution is 2.09. The summed E-state index contributed by atoms with van der Waals surface area (Å²) in [4.78, 5) is 0. The van der Waals surface area contributed by atoms with Crippen LogP contribution in [-0.2, 0) is 0 Å². The molecule has 0 bridgehead atoms. The molecule has 0 aliphatic carbocycles. The first kappa shape index (κ1) is 18.5. The van der Waals surface area contributed by atoms with Crippen LogP contribution in [0.1, 0.15) is 16.7 Å². The second-order valence-corrected chi connectivity index (χ2v) is 6.45. The molecule has 3 aromatic carbocycles. The Bertz CT molecular complexity index is 930. The van der Waals surface area contributed by atoms with E-state index >= 15 is 0 Å². The number of anilines is 1. The minimum atomic E-state index is 0.443. The van der Waals surface area contributed by atoms with E-state index in [1.165, 1.54) is 5.56 Å².